The first-order valence-electron chi connectivity index (χ1n) is 12.0. The number of benzene rings is 3. The minimum atomic E-state index is -3.61. The van der Waals surface area contributed by atoms with Gasteiger partial charge in [0.15, 0.2) is 5.65 Å². The molecule has 1 aliphatic rings. The van der Waals surface area contributed by atoms with E-state index < -0.39 is 10.0 Å². The molecule has 3 heterocycles. The Morgan fingerprint density at radius 1 is 0.973 bits per heavy atom. The van der Waals surface area contributed by atoms with Gasteiger partial charge >= 0.3 is 0 Å². The maximum atomic E-state index is 13.5. The van der Waals surface area contributed by atoms with Crippen molar-refractivity contribution in [2.75, 3.05) is 18.4 Å². The number of sulfonamides is 1. The van der Waals surface area contributed by atoms with Crippen LogP contribution in [0.5, 0.6) is 0 Å². The molecule has 6 rings (SSSR count). The molecular weight excluding hydrogens is 574 g/mol. The highest BCUT2D eigenvalue weighted by molar-refractivity contribution is 9.10. The molecule has 7 nitrogen and oxygen atoms in total. The minimum absolute atomic E-state index is 0.0756. The van der Waals surface area contributed by atoms with Gasteiger partial charge in [-0.2, -0.15) is 13.9 Å². The van der Waals surface area contributed by atoms with Crippen LogP contribution in [0.1, 0.15) is 12.8 Å². The van der Waals surface area contributed by atoms with E-state index in [2.05, 4.69) is 26.3 Å². The maximum absolute atomic E-state index is 13.5. The second-order valence-electron chi connectivity index (χ2n) is 9.03. The van der Waals surface area contributed by atoms with E-state index in [1.54, 1.807) is 27.2 Å². The lowest BCUT2D eigenvalue weighted by molar-refractivity contribution is 0.329. The van der Waals surface area contributed by atoms with Crippen LogP contribution in [0.2, 0.25) is 5.02 Å². The number of nitrogens with zero attached hydrogens (tertiary/aromatic N) is 4. The van der Waals surface area contributed by atoms with Crippen molar-refractivity contribution in [3.63, 3.8) is 0 Å². The number of aromatic nitrogens is 3. The zero-order chi connectivity index (χ0) is 25.6. The first kappa shape index (κ1) is 24.4. The molecule has 0 aliphatic carbocycles. The lowest BCUT2D eigenvalue weighted by Crippen LogP contribution is -2.42. The summed E-state index contributed by atoms with van der Waals surface area (Å²) in [5.74, 6) is 0.779. The molecule has 5 aromatic rings. The number of hydrogen-bond donors (Lipinski definition) is 1. The maximum Gasteiger partial charge on any atom is 0.243 e. The Bertz CT molecular complexity index is 1730. The van der Waals surface area contributed by atoms with Gasteiger partial charge in [0.05, 0.1) is 21.3 Å². The van der Waals surface area contributed by atoms with Gasteiger partial charge in [0.1, 0.15) is 5.82 Å². The number of piperidine rings is 1. The third-order valence-electron chi connectivity index (χ3n) is 6.75. The van der Waals surface area contributed by atoms with E-state index in [4.69, 9.17) is 16.6 Å². The minimum Gasteiger partial charge on any atom is -0.367 e. The summed E-state index contributed by atoms with van der Waals surface area (Å²) in [6, 6.07) is 22.6. The normalized spacial score (nSPS) is 15.4. The summed E-state index contributed by atoms with van der Waals surface area (Å²) in [6.07, 6.45) is 3.04. The number of hydrogen-bond acceptors (Lipinski definition) is 5. The standard InChI is InChI=1S/C27H23BrClN5O2S/c28-22-17-30-34-26(16-24(32-27(22)34)21-9-3-4-10-23(21)29)31-19-12-14-33(15-13-19)37(35,36)25-11-5-7-18-6-1-2-8-20(18)25/h1-11,16-17,19,31H,12-15H2. The van der Waals surface area contributed by atoms with Crippen molar-refractivity contribution in [2.45, 2.75) is 23.8 Å². The molecule has 1 fully saturated rings. The fraction of sp³-hybridized carbons (Fsp3) is 0.185. The first-order chi connectivity index (χ1) is 17.9. The predicted molar refractivity (Wildman–Crippen MR) is 150 cm³/mol. The van der Waals surface area contributed by atoms with Crippen LogP contribution in [-0.4, -0.2) is 46.5 Å². The molecule has 0 spiro atoms. The lowest BCUT2D eigenvalue weighted by atomic mass is 10.1. The van der Waals surface area contributed by atoms with Crippen LogP contribution in [0.25, 0.3) is 27.7 Å². The van der Waals surface area contributed by atoms with Crippen molar-refractivity contribution < 1.29 is 8.42 Å². The molecule has 1 saturated heterocycles. The molecule has 0 atom stereocenters. The summed E-state index contributed by atoms with van der Waals surface area (Å²) < 4.78 is 31.2. The summed E-state index contributed by atoms with van der Waals surface area (Å²) in [5.41, 5.74) is 2.24. The van der Waals surface area contributed by atoms with Crippen LogP contribution in [0, 0.1) is 0 Å². The Kier molecular flexibility index (Phi) is 6.40. The van der Waals surface area contributed by atoms with Crippen molar-refractivity contribution in [1.82, 2.24) is 18.9 Å². The Balaban J connectivity index is 1.25. The third kappa shape index (κ3) is 4.50. The summed E-state index contributed by atoms with van der Waals surface area (Å²) >= 11 is 10.00. The highest BCUT2D eigenvalue weighted by Crippen LogP contribution is 2.32. The molecule has 0 radical (unpaired) electrons. The van der Waals surface area contributed by atoms with Gasteiger partial charge in [0, 0.05) is 41.2 Å². The van der Waals surface area contributed by atoms with E-state index in [1.807, 2.05) is 60.7 Å². The van der Waals surface area contributed by atoms with E-state index in [9.17, 15) is 8.42 Å². The predicted octanol–water partition coefficient (Wildman–Crippen LogP) is 6.23. The van der Waals surface area contributed by atoms with Crippen molar-refractivity contribution >= 4 is 59.8 Å². The average Bonchev–Trinajstić information content (AvgIpc) is 3.29. The lowest BCUT2D eigenvalue weighted by Gasteiger charge is -2.32. The second-order valence-corrected chi connectivity index (χ2v) is 12.2. The summed E-state index contributed by atoms with van der Waals surface area (Å²) in [6.45, 7) is 0.856. The molecule has 0 amide bonds. The van der Waals surface area contributed by atoms with Gasteiger partial charge in [-0.1, -0.05) is 66.2 Å². The summed E-state index contributed by atoms with van der Waals surface area (Å²) in [4.78, 5) is 5.12. The van der Waals surface area contributed by atoms with Crippen LogP contribution >= 0.6 is 27.5 Å². The number of rotatable bonds is 5. The monoisotopic (exact) mass is 595 g/mol. The van der Waals surface area contributed by atoms with Crippen molar-refractivity contribution in [3.05, 3.63) is 88.5 Å². The molecule has 0 saturated carbocycles. The second kappa shape index (κ2) is 9.72. The van der Waals surface area contributed by atoms with Crippen molar-refractivity contribution in [3.8, 4) is 11.3 Å². The molecule has 10 heteroatoms. The van der Waals surface area contributed by atoms with Gasteiger partial charge in [0.25, 0.3) is 0 Å². The number of anilines is 1. The highest BCUT2D eigenvalue weighted by atomic mass is 79.9. The van der Waals surface area contributed by atoms with Crippen LogP contribution < -0.4 is 5.32 Å². The molecule has 37 heavy (non-hydrogen) atoms. The number of nitrogens with one attached hydrogen (secondary N) is 1. The molecule has 2 aromatic heterocycles. The van der Waals surface area contributed by atoms with E-state index >= 15 is 0 Å². The molecule has 3 aromatic carbocycles. The third-order valence-corrected chi connectivity index (χ3v) is 9.60. The van der Waals surface area contributed by atoms with Crippen LogP contribution in [-0.2, 0) is 10.0 Å². The Morgan fingerprint density at radius 2 is 1.70 bits per heavy atom. The van der Waals surface area contributed by atoms with Gasteiger partial charge in [-0.3, -0.25) is 0 Å². The molecule has 0 bridgehead atoms. The fourth-order valence-electron chi connectivity index (χ4n) is 4.86. The molecule has 0 unspecified atom stereocenters. The largest absolute Gasteiger partial charge is 0.367 e. The smallest absolute Gasteiger partial charge is 0.243 e. The average molecular weight is 597 g/mol. The molecule has 1 aliphatic heterocycles. The Hall–Kier alpha value is -2.98. The Labute approximate surface area is 228 Å². The van der Waals surface area contributed by atoms with Crippen molar-refractivity contribution in [2.24, 2.45) is 0 Å². The summed E-state index contributed by atoms with van der Waals surface area (Å²) in [7, 11) is -3.61. The van der Waals surface area contributed by atoms with Gasteiger partial charge in [-0.05, 0) is 46.3 Å². The van der Waals surface area contributed by atoms with Gasteiger partial charge in [-0.15, -0.1) is 0 Å². The SMILES string of the molecule is O=S(=O)(c1cccc2ccccc12)N1CCC(Nc2cc(-c3ccccc3Cl)nc3c(Br)cnn23)CC1. The number of fused-ring (bicyclic) bond motifs is 2. The zero-order valence-electron chi connectivity index (χ0n) is 19.7. The topological polar surface area (TPSA) is 79.6 Å². The van der Waals surface area contributed by atoms with Crippen LogP contribution in [0.15, 0.2) is 88.4 Å². The van der Waals surface area contributed by atoms with Gasteiger partial charge < -0.3 is 5.32 Å². The van der Waals surface area contributed by atoms with E-state index in [0.717, 1.165) is 32.3 Å². The molecule has 1 N–H and O–H groups in total. The zero-order valence-corrected chi connectivity index (χ0v) is 22.8. The van der Waals surface area contributed by atoms with Gasteiger partial charge in [-0.25, -0.2) is 13.4 Å². The number of halogens is 2. The van der Waals surface area contributed by atoms with Crippen LogP contribution in [0.4, 0.5) is 5.82 Å². The Morgan fingerprint density at radius 3 is 2.51 bits per heavy atom. The highest BCUT2D eigenvalue weighted by Gasteiger charge is 2.31. The summed E-state index contributed by atoms with van der Waals surface area (Å²) in [5, 5.41) is 10.3. The van der Waals surface area contributed by atoms with Gasteiger partial charge in [0.2, 0.25) is 10.0 Å². The van der Waals surface area contributed by atoms with E-state index in [0.29, 0.717) is 41.5 Å². The fourth-order valence-corrected chi connectivity index (χ4v) is 7.12. The van der Waals surface area contributed by atoms with E-state index in [1.165, 1.54) is 0 Å². The quantitative estimate of drug-likeness (QED) is 0.260. The first-order valence-corrected chi connectivity index (χ1v) is 14.6. The van der Waals surface area contributed by atoms with Crippen LogP contribution in [0.3, 0.4) is 0 Å². The molecule has 188 valence electrons. The van der Waals surface area contributed by atoms with E-state index in [-0.39, 0.29) is 6.04 Å². The molecular formula is C27H23BrClN5O2S. The van der Waals surface area contributed by atoms with Crippen molar-refractivity contribution in [1.29, 1.82) is 0 Å².